The van der Waals surface area contributed by atoms with E-state index in [2.05, 4.69) is 70.5 Å². The number of nitrogens with zero attached hydrogens (tertiary/aromatic N) is 3. The molecule has 0 bridgehead atoms. The summed E-state index contributed by atoms with van der Waals surface area (Å²) in [7, 11) is 0. The molecule has 3 fully saturated rings. The fourth-order valence-corrected chi connectivity index (χ4v) is 6.39. The quantitative estimate of drug-likeness (QED) is 0.619. The van der Waals surface area contributed by atoms with E-state index in [-0.39, 0.29) is 24.3 Å². The second kappa shape index (κ2) is 10.7. The maximum atomic E-state index is 13.1. The number of carbonyl (C=O) groups excluding carboxylic acids is 2. The molecule has 0 spiro atoms. The molecule has 2 atom stereocenters. The summed E-state index contributed by atoms with van der Waals surface area (Å²) in [6.07, 6.45) is 7.22. The molecule has 34 heavy (non-hydrogen) atoms. The third-order valence-corrected chi connectivity index (χ3v) is 8.13. The number of amides is 2. The minimum absolute atomic E-state index is 0.00134. The van der Waals surface area contributed by atoms with Gasteiger partial charge in [0.25, 0.3) is 0 Å². The van der Waals surface area contributed by atoms with Gasteiger partial charge in [-0.15, -0.1) is 0 Å². The number of rotatable bonds is 5. The van der Waals surface area contributed by atoms with E-state index in [4.69, 9.17) is 0 Å². The number of hydrogen-bond acceptors (Lipinski definition) is 3. The van der Waals surface area contributed by atoms with Crippen molar-refractivity contribution in [1.82, 2.24) is 14.7 Å². The topological polar surface area (TPSA) is 43.9 Å². The molecule has 1 aliphatic carbocycles. The summed E-state index contributed by atoms with van der Waals surface area (Å²) < 4.78 is 0. The van der Waals surface area contributed by atoms with Crippen LogP contribution in [0.2, 0.25) is 0 Å². The van der Waals surface area contributed by atoms with Crippen LogP contribution in [0.15, 0.2) is 60.7 Å². The Labute approximate surface area is 203 Å². The van der Waals surface area contributed by atoms with Crippen LogP contribution in [0.5, 0.6) is 0 Å². The monoisotopic (exact) mass is 459 g/mol. The van der Waals surface area contributed by atoms with Crippen LogP contribution in [0, 0.1) is 5.92 Å². The van der Waals surface area contributed by atoms with Gasteiger partial charge in [0.2, 0.25) is 11.8 Å². The molecule has 3 aliphatic rings. The fourth-order valence-electron chi connectivity index (χ4n) is 6.39. The summed E-state index contributed by atoms with van der Waals surface area (Å²) in [5.74, 6) is 0.701. The van der Waals surface area contributed by atoms with Crippen molar-refractivity contribution in [3.05, 3.63) is 71.8 Å². The van der Waals surface area contributed by atoms with Crippen molar-refractivity contribution in [3.8, 4) is 0 Å². The molecule has 2 unspecified atom stereocenters. The van der Waals surface area contributed by atoms with Gasteiger partial charge in [-0.1, -0.05) is 73.5 Å². The van der Waals surface area contributed by atoms with Crippen molar-refractivity contribution in [2.24, 2.45) is 5.92 Å². The molecule has 180 valence electrons. The first kappa shape index (κ1) is 23.1. The van der Waals surface area contributed by atoms with Crippen LogP contribution in [0.4, 0.5) is 0 Å². The highest BCUT2D eigenvalue weighted by Gasteiger charge is 2.37. The largest absolute Gasteiger partial charge is 0.340 e. The third kappa shape index (κ3) is 5.05. The zero-order chi connectivity index (χ0) is 23.3. The van der Waals surface area contributed by atoms with Gasteiger partial charge < -0.3 is 9.80 Å². The van der Waals surface area contributed by atoms with E-state index in [0.29, 0.717) is 25.0 Å². The van der Waals surface area contributed by atoms with Gasteiger partial charge in [0.05, 0.1) is 6.04 Å². The van der Waals surface area contributed by atoms with Crippen LogP contribution < -0.4 is 0 Å². The van der Waals surface area contributed by atoms with E-state index in [0.717, 1.165) is 32.5 Å². The predicted molar refractivity (Wildman–Crippen MR) is 134 cm³/mol. The molecule has 5 heteroatoms. The number of benzene rings is 2. The fraction of sp³-hybridized carbons (Fsp3) is 0.517. The summed E-state index contributed by atoms with van der Waals surface area (Å²) in [5, 5.41) is 0. The second-order valence-electron chi connectivity index (χ2n) is 10.2. The summed E-state index contributed by atoms with van der Waals surface area (Å²) in [6, 6.07) is 21.8. The average molecular weight is 460 g/mol. The highest BCUT2D eigenvalue weighted by Crippen LogP contribution is 2.35. The van der Waals surface area contributed by atoms with Crippen molar-refractivity contribution in [3.63, 3.8) is 0 Å². The molecule has 2 aromatic rings. The first-order chi connectivity index (χ1) is 16.7. The second-order valence-corrected chi connectivity index (χ2v) is 10.2. The van der Waals surface area contributed by atoms with Gasteiger partial charge in [-0.3, -0.25) is 14.5 Å². The molecule has 2 aliphatic heterocycles. The minimum atomic E-state index is -0.00134. The van der Waals surface area contributed by atoms with Gasteiger partial charge in [0.1, 0.15) is 6.42 Å². The normalized spacial score (nSPS) is 23.6. The molecule has 5 nitrogen and oxygen atoms in total. The van der Waals surface area contributed by atoms with Gasteiger partial charge in [0, 0.05) is 38.8 Å². The molecule has 2 heterocycles. The van der Waals surface area contributed by atoms with E-state index in [9.17, 15) is 9.59 Å². The van der Waals surface area contributed by atoms with Crippen molar-refractivity contribution in [2.45, 2.75) is 57.0 Å². The van der Waals surface area contributed by atoms with E-state index in [1.807, 2.05) is 4.90 Å². The van der Waals surface area contributed by atoms with Gasteiger partial charge in [-0.2, -0.15) is 0 Å². The smallest absolute Gasteiger partial charge is 0.232 e. The highest BCUT2D eigenvalue weighted by molar-refractivity contribution is 5.97. The van der Waals surface area contributed by atoms with E-state index in [1.165, 1.54) is 36.8 Å². The molecule has 2 aromatic carbocycles. The molecule has 0 aromatic heterocycles. The Morgan fingerprint density at radius 3 is 1.94 bits per heavy atom. The van der Waals surface area contributed by atoms with Gasteiger partial charge in [0.15, 0.2) is 0 Å². The van der Waals surface area contributed by atoms with Crippen LogP contribution in [0.3, 0.4) is 0 Å². The van der Waals surface area contributed by atoms with Crippen LogP contribution in [0.25, 0.3) is 0 Å². The van der Waals surface area contributed by atoms with E-state index >= 15 is 0 Å². The van der Waals surface area contributed by atoms with Gasteiger partial charge >= 0.3 is 0 Å². The molecule has 2 amide bonds. The number of piperazine rings is 1. The summed E-state index contributed by atoms with van der Waals surface area (Å²) >= 11 is 0. The lowest BCUT2D eigenvalue weighted by Gasteiger charge is -2.44. The van der Waals surface area contributed by atoms with Crippen LogP contribution >= 0.6 is 0 Å². The average Bonchev–Trinajstić information content (AvgIpc) is 2.90. The maximum absolute atomic E-state index is 13.1. The number of hydrogen-bond donors (Lipinski definition) is 0. The summed E-state index contributed by atoms with van der Waals surface area (Å²) in [6.45, 7) is 3.80. The number of piperidine rings is 1. The molecule has 0 radical (unpaired) electrons. The standard InChI is InChI=1S/C29H37N3O2/c33-27(22-28(34)32-17-9-15-23-10-7-8-16-26(23)32)30-18-20-31(21-19-30)29(24-11-3-1-4-12-24)25-13-5-2-6-14-25/h1-6,11-14,23,26,29H,7-10,15-22H2. The first-order valence-corrected chi connectivity index (χ1v) is 13.1. The maximum Gasteiger partial charge on any atom is 0.232 e. The number of carbonyl (C=O) groups is 2. The molecule has 2 saturated heterocycles. The molecule has 0 N–H and O–H groups in total. The van der Waals surface area contributed by atoms with Crippen molar-refractivity contribution in [2.75, 3.05) is 32.7 Å². The zero-order valence-electron chi connectivity index (χ0n) is 20.1. The molecular formula is C29H37N3O2. The Morgan fingerprint density at radius 1 is 0.706 bits per heavy atom. The van der Waals surface area contributed by atoms with Crippen LogP contribution in [-0.4, -0.2) is 65.3 Å². The number of fused-ring (bicyclic) bond motifs is 1. The van der Waals surface area contributed by atoms with E-state index in [1.54, 1.807) is 0 Å². The summed E-state index contributed by atoms with van der Waals surface area (Å²) in [4.78, 5) is 32.6. The Kier molecular flexibility index (Phi) is 7.29. The van der Waals surface area contributed by atoms with Crippen molar-refractivity contribution in [1.29, 1.82) is 0 Å². The van der Waals surface area contributed by atoms with Crippen molar-refractivity contribution < 1.29 is 9.59 Å². The molecular weight excluding hydrogens is 422 g/mol. The van der Waals surface area contributed by atoms with Crippen LogP contribution in [0.1, 0.15) is 62.1 Å². The SMILES string of the molecule is O=C(CC(=O)N1CCCC2CCCCC21)N1CCN(C(c2ccccc2)c2ccccc2)CC1. The van der Waals surface area contributed by atoms with Crippen LogP contribution in [-0.2, 0) is 9.59 Å². The predicted octanol–water partition coefficient (Wildman–Crippen LogP) is 4.49. The van der Waals surface area contributed by atoms with E-state index < -0.39 is 0 Å². The van der Waals surface area contributed by atoms with Gasteiger partial charge in [-0.25, -0.2) is 0 Å². The Bertz CT molecular complexity index is 914. The lowest BCUT2D eigenvalue weighted by atomic mass is 9.78. The minimum Gasteiger partial charge on any atom is -0.340 e. The Balaban J connectivity index is 1.20. The summed E-state index contributed by atoms with van der Waals surface area (Å²) in [5.41, 5.74) is 2.55. The van der Waals surface area contributed by atoms with Crippen molar-refractivity contribution >= 4 is 11.8 Å². The Morgan fingerprint density at radius 2 is 1.29 bits per heavy atom. The Hall–Kier alpha value is -2.66. The number of likely N-dealkylation sites (tertiary alicyclic amines) is 1. The third-order valence-electron chi connectivity index (χ3n) is 8.13. The zero-order valence-corrected chi connectivity index (χ0v) is 20.1. The molecule has 1 saturated carbocycles. The first-order valence-electron chi connectivity index (χ1n) is 13.1. The van der Waals surface area contributed by atoms with Gasteiger partial charge in [-0.05, 0) is 42.7 Å². The highest BCUT2D eigenvalue weighted by atomic mass is 16.2. The lowest BCUT2D eigenvalue weighted by Crippen LogP contribution is -2.53. The lowest BCUT2D eigenvalue weighted by molar-refractivity contribution is -0.145. The molecule has 5 rings (SSSR count).